The lowest BCUT2D eigenvalue weighted by Crippen LogP contribution is -2.28. The third-order valence-electron chi connectivity index (χ3n) is 2.02. The van der Waals surface area contributed by atoms with E-state index in [1.54, 1.807) is 27.7 Å². The molecule has 10 heteroatoms. The first kappa shape index (κ1) is 17.1. The summed E-state index contributed by atoms with van der Waals surface area (Å²) in [4.78, 5) is 33.8. The molecule has 21 heavy (non-hydrogen) atoms. The third-order valence-corrected chi connectivity index (χ3v) is 2.73. The van der Waals surface area contributed by atoms with Crippen LogP contribution in [0.5, 0.6) is 0 Å². The molecule has 0 amide bonds. The standard InChI is InChI=1S/C11H14BrN3O6/c1-5-20-9(16)6-7(15(18)19)8(12)14(13-6)10(17)21-11(2,3)4/h5H2,1-4H3. The van der Waals surface area contributed by atoms with E-state index in [1.165, 1.54) is 0 Å². The van der Waals surface area contributed by atoms with Gasteiger partial charge in [-0.25, -0.2) is 9.59 Å². The summed E-state index contributed by atoms with van der Waals surface area (Å²) in [5.41, 5.74) is -2.04. The minimum atomic E-state index is -0.993. The third kappa shape index (κ3) is 4.00. The van der Waals surface area contributed by atoms with Gasteiger partial charge in [-0.05, 0) is 43.6 Å². The van der Waals surface area contributed by atoms with E-state index < -0.39 is 34.0 Å². The zero-order chi connectivity index (χ0) is 16.4. The van der Waals surface area contributed by atoms with Gasteiger partial charge in [0.05, 0.1) is 11.5 Å². The van der Waals surface area contributed by atoms with Crippen LogP contribution >= 0.6 is 15.9 Å². The van der Waals surface area contributed by atoms with Crippen LogP contribution in [-0.2, 0) is 9.47 Å². The summed E-state index contributed by atoms with van der Waals surface area (Å²) in [6.45, 7) is 6.45. The van der Waals surface area contributed by atoms with Crippen molar-refractivity contribution in [3.8, 4) is 0 Å². The summed E-state index contributed by atoms with van der Waals surface area (Å²) in [7, 11) is 0. The fraction of sp³-hybridized carbons (Fsp3) is 0.545. The van der Waals surface area contributed by atoms with E-state index in [1.807, 2.05) is 0 Å². The molecule has 116 valence electrons. The molecule has 0 unspecified atom stereocenters. The van der Waals surface area contributed by atoms with Crippen LogP contribution in [0.4, 0.5) is 10.5 Å². The molecule has 0 aliphatic rings. The number of aromatic nitrogens is 2. The quantitative estimate of drug-likeness (QED) is 0.460. The van der Waals surface area contributed by atoms with Crippen molar-refractivity contribution in [3.63, 3.8) is 0 Å². The first-order valence-electron chi connectivity index (χ1n) is 5.91. The maximum Gasteiger partial charge on any atom is 0.436 e. The maximum absolute atomic E-state index is 11.9. The van der Waals surface area contributed by atoms with Gasteiger partial charge >= 0.3 is 17.7 Å². The lowest BCUT2D eigenvalue weighted by atomic mass is 10.2. The minimum Gasteiger partial charge on any atom is -0.461 e. The van der Waals surface area contributed by atoms with Crippen LogP contribution in [0.3, 0.4) is 0 Å². The highest BCUT2D eigenvalue weighted by Gasteiger charge is 2.35. The molecule has 0 atom stereocenters. The monoisotopic (exact) mass is 363 g/mol. The van der Waals surface area contributed by atoms with Gasteiger partial charge in [0, 0.05) is 0 Å². The van der Waals surface area contributed by atoms with Gasteiger partial charge in [-0.15, -0.1) is 9.78 Å². The number of hydrogen-bond donors (Lipinski definition) is 0. The molecule has 0 fully saturated rings. The molecule has 1 heterocycles. The Morgan fingerprint density at radius 3 is 2.43 bits per heavy atom. The van der Waals surface area contributed by atoms with E-state index in [0.717, 1.165) is 0 Å². The van der Waals surface area contributed by atoms with E-state index in [9.17, 15) is 19.7 Å². The molecule has 1 aromatic heterocycles. The van der Waals surface area contributed by atoms with Gasteiger partial charge in [0.15, 0.2) is 4.60 Å². The van der Waals surface area contributed by atoms with Crippen LogP contribution < -0.4 is 0 Å². The lowest BCUT2D eigenvalue weighted by Gasteiger charge is -2.18. The van der Waals surface area contributed by atoms with E-state index in [2.05, 4.69) is 25.8 Å². The van der Waals surface area contributed by atoms with E-state index in [4.69, 9.17) is 4.74 Å². The summed E-state index contributed by atoms with van der Waals surface area (Å²) < 4.78 is 10.0. The Bertz CT molecular complexity index is 590. The van der Waals surface area contributed by atoms with Gasteiger partial charge in [-0.1, -0.05) is 0 Å². The Morgan fingerprint density at radius 1 is 1.43 bits per heavy atom. The highest BCUT2D eigenvalue weighted by atomic mass is 79.9. The summed E-state index contributed by atoms with van der Waals surface area (Å²) in [6.07, 6.45) is -0.951. The van der Waals surface area contributed by atoms with Crippen molar-refractivity contribution in [2.45, 2.75) is 33.3 Å². The van der Waals surface area contributed by atoms with Gasteiger partial charge in [-0.3, -0.25) is 10.1 Å². The molecule has 0 radical (unpaired) electrons. The van der Waals surface area contributed by atoms with Gasteiger partial charge < -0.3 is 9.47 Å². The van der Waals surface area contributed by atoms with E-state index >= 15 is 0 Å². The van der Waals surface area contributed by atoms with Crippen molar-refractivity contribution in [1.82, 2.24) is 9.78 Å². The largest absolute Gasteiger partial charge is 0.461 e. The fourth-order valence-electron chi connectivity index (χ4n) is 1.31. The molecule has 1 aromatic rings. The number of nitro groups is 1. The molecule has 0 aliphatic carbocycles. The normalized spacial score (nSPS) is 11.1. The van der Waals surface area contributed by atoms with E-state index in [0.29, 0.717) is 4.68 Å². The van der Waals surface area contributed by atoms with Crippen molar-refractivity contribution in [3.05, 3.63) is 20.4 Å². The van der Waals surface area contributed by atoms with Crippen LogP contribution in [0.2, 0.25) is 0 Å². The van der Waals surface area contributed by atoms with E-state index in [-0.39, 0.29) is 11.2 Å². The molecular formula is C11H14BrN3O6. The molecular weight excluding hydrogens is 350 g/mol. The number of ether oxygens (including phenoxy) is 2. The van der Waals surface area contributed by atoms with Crippen molar-refractivity contribution < 1.29 is 24.0 Å². The molecule has 0 saturated carbocycles. The Labute approximate surface area is 128 Å². The summed E-state index contributed by atoms with van der Waals surface area (Å²) in [6, 6.07) is 0. The fourth-order valence-corrected chi connectivity index (χ4v) is 1.87. The molecule has 0 saturated heterocycles. The van der Waals surface area contributed by atoms with Crippen LogP contribution in [0.1, 0.15) is 38.2 Å². The predicted molar refractivity (Wildman–Crippen MR) is 74.2 cm³/mol. The summed E-state index contributed by atoms with van der Waals surface area (Å²) >= 11 is 2.88. The topological polar surface area (TPSA) is 114 Å². The van der Waals surface area contributed by atoms with Crippen LogP contribution in [-0.4, -0.2) is 39.0 Å². The summed E-state index contributed by atoms with van der Waals surface area (Å²) in [5, 5.41) is 14.6. The van der Waals surface area contributed by atoms with Gasteiger partial charge in [-0.2, -0.15) is 0 Å². The Morgan fingerprint density at radius 2 is 2.00 bits per heavy atom. The second-order valence-corrected chi connectivity index (χ2v) is 5.61. The summed E-state index contributed by atoms with van der Waals surface area (Å²) in [5.74, 6) is -0.993. The first-order valence-corrected chi connectivity index (χ1v) is 6.71. The SMILES string of the molecule is CCOC(=O)c1nn(C(=O)OC(C)(C)C)c(Br)c1[N+](=O)[O-]. The Balaban J connectivity index is 3.30. The van der Waals surface area contributed by atoms with Gasteiger partial charge in [0.2, 0.25) is 5.69 Å². The number of nitrogens with zero attached hydrogens (tertiary/aromatic N) is 3. The number of halogens is 1. The lowest BCUT2D eigenvalue weighted by molar-refractivity contribution is -0.386. The van der Waals surface area contributed by atoms with Crippen LogP contribution in [0, 0.1) is 10.1 Å². The second-order valence-electron chi connectivity index (χ2n) is 4.86. The van der Waals surface area contributed by atoms with Crippen molar-refractivity contribution in [2.75, 3.05) is 6.61 Å². The highest BCUT2D eigenvalue weighted by Crippen LogP contribution is 2.30. The number of carbonyl (C=O) groups excluding carboxylic acids is 2. The minimum absolute atomic E-state index is 0.0207. The zero-order valence-corrected chi connectivity index (χ0v) is 13.5. The number of hydrogen-bond acceptors (Lipinski definition) is 7. The molecule has 1 rings (SSSR count). The molecule has 0 aromatic carbocycles. The number of esters is 1. The Hall–Kier alpha value is -1.97. The second kappa shape index (κ2) is 6.20. The smallest absolute Gasteiger partial charge is 0.436 e. The van der Waals surface area contributed by atoms with Crippen molar-refractivity contribution in [2.24, 2.45) is 0 Å². The van der Waals surface area contributed by atoms with Crippen LogP contribution in [0.15, 0.2) is 4.60 Å². The van der Waals surface area contributed by atoms with Gasteiger partial charge in [0.25, 0.3) is 0 Å². The van der Waals surface area contributed by atoms with Gasteiger partial charge in [0.1, 0.15) is 5.60 Å². The highest BCUT2D eigenvalue weighted by molar-refractivity contribution is 9.10. The number of carbonyl (C=O) groups is 2. The molecule has 9 nitrogen and oxygen atoms in total. The molecule has 0 spiro atoms. The maximum atomic E-state index is 11.9. The van der Waals surface area contributed by atoms with Crippen LogP contribution in [0.25, 0.3) is 0 Å². The predicted octanol–water partition coefficient (Wildman–Crippen LogP) is 2.51. The average molecular weight is 364 g/mol. The first-order chi connectivity index (χ1) is 9.58. The molecule has 0 N–H and O–H groups in total. The van der Waals surface area contributed by atoms with Crippen molar-refractivity contribution in [1.29, 1.82) is 0 Å². The average Bonchev–Trinajstić information content (AvgIpc) is 2.65. The van der Waals surface area contributed by atoms with Crippen molar-refractivity contribution >= 4 is 33.7 Å². The zero-order valence-electron chi connectivity index (χ0n) is 11.9. The number of rotatable bonds is 3. The molecule has 0 aliphatic heterocycles. The molecule has 0 bridgehead atoms. The Kier molecular flexibility index (Phi) is 5.05.